The fourth-order valence-corrected chi connectivity index (χ4v) is 3.70. The highest BCUT2D eigenvalue weighted by atomic mass is 16.5. The molecule has 2 aliphatic rings. The van der Waals surface area contributed by atoms with Gasteiger partial charge in [-0.3, -0.25) is 9.69 Å². The molecule has 1 aliphatic heterocycles. The van der Waals surface area contributed by atoms with Gasteiger partial charge in [0.05, 0.1) is 7.11 Å². The first-order chi connectivity index (χ1) is 10.6. The Kier molecular flexibility index (Phi) is 4.13. The van der Waals surface area contributed by atoms with Crippen LogP contribution in [0.4, 0.5) is 5.69 Å². The van der Waals surface area contributed by atoms with Crippen molar-refractivity contribution in [3.05, 3.63) is 29.8 Å². The molecule has 120 valence electrons. The number of carbonyl (C=O) groups excluding carboxylic acids is 1. The topological polar surface area (TPSA) is 32.8 Å². The van der Waals surface area contributed by atoms with Gasteiger partial charge in [0, 0.05) is 31.9 Å². The second-order valence-corrected chi connectivity index (χ2v) is 6.69. The normalized spacial score (nSPS) is 21.4. The maximum Gasteiger partial charge on any atom is 0.326 e. The number of hydrogen-bond donors (Lipinski definition) is 0. The lowest BCUT2D eigenvalue weighted by Crippen LogP contribution is -2.51. The number of carbonyl (C=O) groups is 1. The van der Waals surface area contributed by atoms with Crippen LogP contribution in [0.1, 0.15) is 31.2 Å². The Balaban J connectivity index is 1.61. The average molecular weight is 302 g/mol. The van der Waals surface area contributed by atoms with Crippen LogP contribution in [-0.4, -0.2) is 49.7 Å². The summed E-state index contributed by atoms with van der Waals surface area (Å²) in [5.74, 6) is -0.0435. The van der Waals surface area contributed by atoms with Crippen molar-refractivity contribution in [3.8, 4) is 0 Å². The summed E-state index contributed by atoms with van der Waals surface area (Å²) in [5, 5.41) is 0. The third-order valence-corrected chi connectivity index (χ3v) is 5.32. The zero-order valence-electron chi connectivity index (χ0n) is 13.8. The van der Waals surface area contributed by atoms with E-state index in [0.29, 0.717) is 6.04 Å². The van der Waals surface area contributed by atoms with E-state index in [1.165, 1.54) is 18.4 Å². The Hall–Kier alpha value is -1.55. The highest BCUT2D eigenvalue weighted by molar-refractivity contribution is 5.84. The molecule has 4 heteroatoms. The summed E-state index contributed by atoms with van der Waals surface area (Å²) in [5.41, 5.74) is 2.29. The molecule has 0 radical (unpaired) electrons. The van der Waals surface area contributed by atoms with E-state index in [2.05, 4.69) is 48.0 Å². The number of piperidine rings is 1. The van der Waals surface area contributed by atoms with Crippen LogP contribution in [0.2, 0.25) is 0 Å². The number of rotatable bonds is 4. The zero-order valence-corrected chi connectivity index (χ0v) is 13.8. The van der Waals surface area contributed by atoms with Crippen LogP contribution in [0, 0.1) is 6.92 Å². The molecule has 1 aromatic rings. The third-order valence-electron chi connectivity index (χ3n) is 5.32. The summed E-state index contributed by atoms with van der Waals surface area (Å²) < 4.78 is 5.00. The third kappa shape index (κ3) is 2.72. The van der Waals surface area contributed by atoms with Gasteiger partial charge in [-0.25, -0.2) is 0 Å². The number of methoxy groups -OCH3 is 1. The Labute approximate surface area is 133 Å². The molecule has 1 aliphatic carbocycles. The molecule has 4 nitrogen and oxygen atoms in total. The highest BCUT2D eigenvalue weighted by Gasteiger charge is 2.56. The van der Waals surface area contributed by atoms with Crippen molar-refractivity contribution in [2.45, 2.75) is 44.2 Å². The van der Waals surface area contributed by atoms with Crippen molar-refractivity contribution in [2.24, 2.45) is 0 Å². The summed E-state index contributed by atoms with van der Waals surface area (Å²) in [6.07, 6.45) is 4.11. The Bertz CT molecular complexity index is 546. The number of hydrogen-bond acceptors (Lipinski definition) is 4. The summed E-state index contributed by atoms with van der Waals surface area (Å²) in [4.78, 5) is 16.7. The number of likely N-dealkylation sites (tertiary alicyclic amines) is 1. The van der Waals surface area contributed by atoms with Gasteiger partial charge in [-0.05, 0) is 50.3 Å². The van der Waals surface area contributed by atoms with E-state index in [-0.39, 0.29) is 11.5 Å². The van der Waals surface area contributed by atoms with E-state index in [4.69, 9.17) is 4.74 Å². The molecule has 0 spiro atoms. The van der Waals surface area contributed by atoms with Crippen LogP contribution in [0.15, 0.2) is 24.3 Å². The molecule has 0 unspecified atom stereocenters. The van der Waals surface area contributed by atoms with Gasteiger partial charge in [0.2, 0.25) is 0 Å². The van der Waals surface area contributed by atoms with E-state index in [9.17, 15) is 4.79 Å². The summed E-state index contributed by atoms with van der Waals surface area (Å²) in [6, 6.07) is 9.21. The second-order valence-electron chi connectivity index (χ2n) is 6.69. The number of aryl methyl sites for hydroxylation is 1. The molecular formula is C18H26N2O2. The Morgan fingerprint density at radius 3 is 2.55 bits per heavy atom. The predicted octanol–water partition coefficient (Wildman–Crippen LogP) is 2.60. The molecule has 1 saturated heterocycles. The van der Waals surface area contributed by atoms with Crippen LogP contribution >= 0.6 is 0 Å². The lowest BCUT2D eigenvalue weighted by molar-refractivity contribution is -0.149. The van der Waals surface area contributed by atoms with Gasteiger partial charge in [0.1, 0.15) is 5.54 Å². The fraction of sp³-hybridized carbons (Fsp3) is 0.611. The minimum absolute atomic E-state index is 0.0435. The van der Waals surface area contributed by atoms with Gasteiger partial charge < -0.3 is 9.64 Å². The lowest BCUT2D eigenvalue weighted by Gasteiger charge is -2.40. The molecule has 0 aromatic heterocycles. The molecule has 3 rings (SSSR count). The fourth-order valence-electron chi connectivity index (χ4n) is 3.70. The SMILES string of the molecule is COC(=O)C1(N2CCC(N(C)c3cccc(C)c3)CC2)CC1. The van der Waals surface area contributed by atoms with Crippen LogP contribution in [0.3, 0.4) is 0 Å². The first kappa shape index (κ1) is 15.3. The first-order valence-corrected chi connectivity index (χ1v) is 8.20. The van der Waals surface area contributed by atoms with Gasteiger partial charge in [-0.15, -0.1) is 0 Å². The van der Waals surface area contributed by atoms with E-state index in [0.717, 1.165) is 38.8 Å². The lowest BCUT2D eigenvalue weighted by atomic mass is 10.00. The quantitative estimate of drug-likeness (QED) is 0.800. The summed E-state index contributed by atoms with van der Waals surface area (Å²) in [7, 11) is 3.68. The molecular weight excluding hydrogens is 276 g/mol. The van der Waals surface area contributed by atoms with Crippen LogP contribution in [0.25, 0.3) is 0 Å². The molecule has 0 N–H and O–H groups in total. The number of nitrogens with zero attached hydrogens (tertiary/aromatic N) is 2. The molecule has 1 aromatic carbocycles. The van der Waals surface area contributed by atoms with Crippen LogP contribution < -0.4 is 4.90 Å². The van der Waals surface area contributed by atoms with Crippen molar-refractivity contribution in [2.75, 3.05) is 32.1 Å². The number of benzene rings is 1. The van der Waals surface area contributed by atoms with Crippen LogP contribution in [-0.2, 0) is 9.53 Å². The molecule has 0 bridgehead atoms. The van der Waals surface area contributed by atoms with E-state index >= 15 is 0 Å². The van der Waals surface area contributed by atoms with Gasteiger partial charge in [0.15, 0.2) is 0 Å². The van der Waals surface area contributed by atoms with E-state index < -0.39 is 0 Å². The number of esters is 1. The average Bonchev–Trinajstić information content (AvgIpc) is 3.35. The van der Waals surface area contributed by atoms with Gasteiger partial charge in [-0.1, -0.05) is 12.1 Å². The monoisotopic (exact) mass is 302 g/mol. The van der Waals surface area contributed by atoms with Crippen LogP contribution in [0.5, 0.6) is 0 Å². The largest absolute Gasteiger partial charge is 0.468 e. The number of anilines is 1. The highest BCUT2D eigenvalue weighted by Crippen LogP contribution is 2.44. The molecule has 0 amide bonds. The van der Waals surface area contributed by atoms with Crippen molar-refractivity contribution in [1.29, 1.82) is 0 Å². The molecule has 1 heterocycles. The molecule has 2 fully saturated rings. The zero-order chi connectivity index (χ0) is 15.7. The van der Waals surface area contributed by atoms with Crippen molar-refractivity contribution >= 4 is 11.7 Å². The summed E-state index contributed by atoms with van der Waals surface area (Å²) in [6.45, 7) is 4.10. The Morgan fingerprint density at radius 1 is 1.32 bits per heavy atom. The van der Waals surface area contributed by atoms with Crippen molar-refractivity contribution in [1.82, 2.24) is 4.90 Å². The first-order valence-electron chi connectivity index (χ1n) is 8.20. The standard InChI is InChI=1S/C18H26N2O2/c1-14-5-4-6-16(13-14)19(2)15-7-11-20(12-8-15)18(9-10-18)17(21)22-3/h4-6,13,15H,7-12H2,1-3H3. The van der Waals surface area contributed by atoms with Gasteiger partial charge in [0.25, 0.3) is 0 Å². The predicted molar refractivity (Wildman–Crippen MR) is 88.2 cm³/mol. The van der Waals surface area contributed by atoms with Crippen molar-refractivity contribution in [3.63, 3.8) is 0 Å². The molecule has 0 atom stereocenters. The van der Waals surface area contributed by atoms with E-state index in [1.54, 1.807) is 0 Å². The van der Waals surface area contributed by atoms with E-state index in [1.807, 2.05) is 0 Å². The van der Waals surface area contributed by atoms with Gasteiger partial charge >= 0.3 is 5.97 Å². The molecule has 22 heavy (non-hydrogen) atoms. The summed E-state index contributed by atoms with van der Waals surface area (Å²) >= 11 is 0. The number of ether oxygens (including phenoxy) is 1. The van der Waals surface area contributed by atoms with Gasteiger partial charge in [-0.2, -0.15) is 0 Å². The maximum absolute atomic E-state index is 12.0. The minimum Gasteiger partial charge on any atom is -0.468 e. The maximum atomic E-state index is 12.0. The molecule has 1 saturated carbocycles. The van der Waals surface area contributed by atoms with Crippen molar-refractivity contribution < 1.29 is 9.53 Å². The minimum atomic E-state index is -0.290. The Morgan fingerprint density at radius 2 is 2.00 bits per heavy atom. The smallest absolute Gasteiger partial charge is 0.326 e. The second kappa shape index (κ2) is 5.92.